The van der Waals surface area contributed by atoms with E-state index >= 15 is 0 Å². The van der Waals surface area contributed by atoms with Gasteiger partial charge in [0, 0.05) is 24.5 Å². The van der Waals surface area contributed by atoms with E-state index in [0.29, 0.717) is 5.92 Å². The minimum Gasteiger partial charge on any atom is -0.342 e. The molecule has 98 valence electrons. The number of nitrogens with zero attached hydrogens (tertiary/aromatic N) is 4. The lowest BCUT2D eigenvalue weighted by molar-refractivity contribution is 0.459. The molecule has 0 aliphatic carbocycles. The van der Waals surface area contributed by atoms with E-state index in [1.54, 1.807) is 6.33 Å². The highest BCUT2D eigenvalue weighted by Crippen LogP contribution is 2.12. The molecule has 1 atom stereocenters. The second-order valence-electron chi connectivity index (χ2n) is 5.10. The van der Waals surface area contributed by atoms with Gasteiger partial charge < -0.3 is 10.3 Å². The predicted molar refractivity (Wildman–Crippen MR) is 71.0 cm³/mol. The summed E-state index contributed by atoms with van der Waals surface area (Å²) in [7, 11) is 0. The first-order chi connectivity index (χ1) is 8.58. The maximum Gasteiger partial charge on any atom is 0.146 e. The Bertz CT molecular complexity index is 495. The lowest BCUT2D eigenvalue weighted by Gasteiger charge is -2.13. The third kappa shape index (κ3) is 2.79. The van der Waals surface area contributed by atoms with Gasteiger partial charge >= 0.3 is 0 Å². The van der Waals surface area contributed by atoms with Gasteiger partial charge in [0.05, 0.1) is 6.54 Å². The third-order valence-corrected chi connectivity index (χ3v) is 2.88. The topological polar surface area (TPSA) is 61.7 Å². The van der Waals surface area contributed by atoms with Crippen molar-refractivity contribution in [3.05, 3.63) is 36.2 Å². The summed E-state index contributed by atoms with van der Waals surface area (Å²) in [5.74, 6) is 1.53. The van der Waals surface area contributed by atoms with Crippen molar-refractivity contribution >= 4 is 0 Å². The molecule has 0 aliphatic heterocycles. The molecule has 5 heteroatoms. The molecule has 2 heterocycles. The molecule has 0 fully saturated rings. The lowest BCUT2D eigenvalue weighted by atomic mass is 10.2. The maximum absolute atomic E-state index is 5.94. The quantitative estimate of drug-likeness (QED) is 0.876. The zero-order chi connectivity index (χ0) is 13.1. The van der Waals surface area contributed by atoms with Gasteiger partial charge in [0.15, 0.2) is 0 Å². The van der Waals surface area contributed by atoms with Gasteiger partial charge in [-0.15, -0.1) is 0 Å². The van der Waals surface area contributed by atoms with Crippen LogP contribution in [0.1, 0.15) is 38.3 Å². The van der Waals surface area contributed by atoms with Crippen molar-refractivity contribution in [1.29, 1.82) is 0 Å². The number of rotatable bonds is 5. The summed E-state index contributed by atoms with van der Waals surface area (Å²) in [6, 6.07) is 4.09. The fourth-order valence-electron chi connectivity index (χ4n) is 2.05. The van der Waals surface area contributed by atoms with Crippen molar-refractivity contribution in [3.63, 3.8) is 0 Å². The van der Waals surface area contributed by atoms with Crippen molar-refractivity contribution in [1.82, 2.24) is 19.3 Å². The van der Waals surface area contributed by atoms with Gasteiger partial charge in [0.25, 0.3) is 0 Å². The summed E-state index contributed by atoms with van der Waals surface area (Å²) >= 11 is 0. The molecule has 1 unspecified atom stereocenters. The number of nitrogens with two attached hydrogens (primary N) is 1. The summed E-state index contributed by atoms with van der Waals surface area (Å²) in [4.78, 5) is 4.33. The molecule has 2 rings (SSSR count). The molecular weight excluding hydrogens is 226 g/mol. The molecule has 0 saturated carbocycles. The van der Waals surface area contributed by atoms with Crippen molar-refractivity contribution in [2.75, 3.05) is 0 Å². The van der Waals surface area contributed by atoms with Gasteiger partial charge in [-0.25, -0.2) is 9.67 Å². The van der Waals surface area contributed by atoms with Gasteiger partial charge in [-0.2, -0.15) is 5.10 Å². The number of hydrogen-bond acceptors (Lipinski definition) is 3. The molecular formula is C13H21N5. The number of hydrogen-bond donors (Lipinski definition) is 1. The van der Waals surface area contributed by atoms with Crippen LogP contribution in [0.25, 0.3) is 0 Å². The molecule has 0 saturated heterocycles. The zero-order valence-corrected chi connectivity index (χ0v) is 11.2. The molecule has 0 bridgehead atoms. The molecule has 0 amide bonds. The smallest absolute Gasteiger partial charge is 0.146 e. The van der Waals surface area contributed by atoms with Crippen molar-refractivity contribution in [2.24, 2.45) is 11.7 Å². The molecule has 18 heavy (non-hydrogen) atoms. The molecule has 2 N–H and O–H groups in total. The highest BCUT2D eigenvalue weighted by atomic mass is 15.3. The zero-order valence-electron chi connectivity index (χ0n) is 11.2. The Morgan fingerprint density at radius 3 is 2.78 bits per heavy atom. The molecule has 0 spiro atoms. The van der Waals surface area contributed by atoms with E-state index in [-0.39, 0.29) is 6.04 Å². The maximum atomic E-state index is 5.94. The largest absolute Gasteiger partial charge is 0.342 e. The Hall–Kier alpha value is -1.62. The predicted octanol–water partition coefficient (Wildman–Crippen LogP) is 1.80. The Balaban J connectivity index is 2.18. The van der Waals surface area contributed by atoms with E-state index in [1.807, 2.05) is 29.9 Å². The standard InChI is InChI=1S/C13H21N5/c1-10(2)7-18-13(15-9-16-18)8-17-6-4-5-12(17)11(3)14/h4-6,9-11H,7-8,14H2,1-3H3. The van der Waals surface area contributed by atoms with Crippen LogP contribution >= 0.6 is 0 Å². The van der Waals surface area contributed by atoms with Gasteiger partial charge in [-0.3, -0.25) is 0 Å². The third-order valence-electron chi connectivity index (χ3n) is 2.88. The van der Waals surface area contributed by atoms with Crippen molar-refractivity contribution in [2.45, 2.75) is 39.9 Å². The van der Waals surface area contributed by atoms with Crippen molar-refractivity contribution < 1.29 is 0 Å². The highest BCUT2D eigenvalue weighted by molar-refractivity contribution is 5.12. The molecule has 0 aliphatic rings. The van der Waals surface area contributed by atoms with Gasteiger partial charge in [0.1, 0.15) is 12.2 Å². The molecule has 2 aromatic heterocycles. The van der Waals surface area contributed by atoms with Crippen LogP contribution in [0.15, 0.2) is 24.7 Å². The average molecular weight is 247 g/mol. The molecule has 2 aromatic rings. The Morgan fingerprint density at radius 1 is 1.33 bits per heavy atom. The second kappa shape index (κ2) is 5.35. The van der Waals surface area contributed by atoms with E-state index in [0.717, 1.165) is 24.6 Å². The Morgan fingerprint density at radius 2 is 2.11 bits per heavy atom. The van der Waals surface area contributed by atoms with Crippen LogP contribution in [0.2, 0.25) is 0 Å². The van der Waals surface area contributed by atoms with Gasteiger partial charge in [0.2, 0.25) is 0 Å². The first-order valence-electron chi connectivity index (χ1n) is 6.35. The molecule has 5 nitrogen and oxygen atoms in total. The summed E-state index contributed by atoms with van der Waals surface area (Å²) < 4.78 is 4.10. The summed E-state index contributed by atoms with van der Waals surface area (Å²) in [6.07, 6.45) is 3.65. The summed E-state index contributed by atoms with van der Waals surface area (Å²) in [5, 5.41) is 4.27. The molecule has 0 aromatic carbocycles. The fourth-order valence-corrected chi connectivity index (χ4v) is 2.05. The summed E-state index contributed by atoms with van der Waals surface area (Å²) in [5.41, 5.74) is 7.06. The van der Waals surface area contributed by atoms with Crippen LogP contribution in [-0.4, -0.2) is 19.3 Å². The van der Waals surface area contributed by atoms with E-state index in [2.05, 4.69) is 28.5 Å². The van der Waals surface area contributed by atoms with Crippen LogP contribution in [-0.2, 0) is 13.1 Å². The van der Waals surface area contributed by atoms with Gasteiger partial charge in [-0.05, 0) is 25.0 Å². The van der Waals surface area contributed by atoms with E-state index < -0.39 is 0 Å². The minimum absolute atomic E-state index is 0.0291. The van der Waals surface area contributed by atoms with E-state index in [9.17, 15) is 0 Å². The first-order valence-corrected chi connectivity index (χ1v) is 6.35. The highest BCUT2D eigenvalue weighted by Gasteiger charge is 2.10. The number of aromatic nitrogens is 4. The van der Waals surface area contributed by atoms with Gasteiger partial charge in [-0.1, -0.05) is 13.8 Å². The minimum atomic E-state index is 0.0291. The van der Waals surface area contributed by atoms with Crippen LogP contribution in [0.5, 0.6) is 0 Å². The Kier molecular flexibility index (Phi) is 3.81. The van der Waals surface area contributed by atoms with Crippen LogP contribution in [0.4, 0.5) is 0 Å². The first kappa shape index (κ1) is 12.8. The van der Waals surface area contributed by atoms with Crippen LogP contribution in [0.3, 0.4) is 0 Å². The van der Waals surface area contributed by atoms with Crippen molar-refractivity contribution in [3.8, 4) is 0 Å². The average Bonchev–Trinajstić information content (AvgIpc) is 2.88. The normalized spacial score (nSPS) is 13.2. The second-order valence-corrected chi connectivity index (χ2v) is 5.10. The molecule has 0 radical (unpaired) electrons. The van der Waals surface area contributed by atoms with E-state index in [1.165, 1.54) is 0 Å². The fraction of sp³-hybridized carbons (Fsp3) is 0.538. The monoisotopic (exact) mass is 247 g/mol. The Labute approximate surface area is 108 Å². The van der Waals surface area contributed by atoms with Crippen LogP contribution < -0.4 is 5.73 Å². The SMILES string of the molecule is CC(C)Cn1ncnc1Cn1cccc1C(C)N. The lowest BCUT2D eigenvalue weighted by Crippen LogP contribution is -2.16. The summed E-state index contributed by atoms with van der Waals surface area (Å²) in [6.45, 7) is 7.95. The van der Waals surface area contributed by atoms with E-state index in [4.69, 9.17) is 5.73 Å². The van der Waals surface area contributed by atoms with Crippen LogP contribution in [0, 0.1) is 5.92 Å².